The minimum absolute atomic E-state index is 0.254. The van der Waals surface area contributed by atoms with Crippen molar-refractivity contribution in [2.75, 3.05) is 19.6 Å². The van der Waals surface area contributed by atoms with Gasteiger partial charge in [0, 0.05) is 42.3 Å². The quantitative estimate of drug-likeness (QED) is 0.916. The zero-order chi connectivity index (χ0) is 13.8. The van der Waals surface area contributed by atoms with Crippen LogP contribution >= 0.6 is 15.9 Å². The molecule has 0 aliphatic carbocycles. The lowest BCUT2D eigenvalue weighted by atomic mass is 10.1. The summed E-state index contributed by atoms with van der Waals surface area (Å²) in [6.45, 7) is 2.67. The number of halogens is 3. The lowest BCUT2D eigenvalue weighted by Crippen LogP contribution is -2.48. The van der Waals surface area contributed by atoms with Crippen LogP contribution in [0.25, 0.3) is 0 Å². The van der Waals surface area contributed by atoms with E-state index in [1.54, 1.807) is 12.1 Å². The number of ether oxygens (including phenoxy) is 1. The summed E-state index contributed by atoms with van der Waals surface area (Å²) >= 11 is 3.37. The van der Waals surface area contributed by atoms with Crippen LogP contribution in [0.15, 0.2) is 22.7 Å². The topological polar surface area (TPSA) is 24.5 Å². The second-order valence-corrected chi connectivity index (χ2v) is 5.64. The molecule has 0 aromatic heterocycles. The number of hydrogen-bond acceptors (Lipinski definition) is 3. The maximum atomic E-state index is 12.4. The number of benzene rings is 1. The summed E-state index contributed by atoms with van der Waals surface area (Å²) in [5.74, 6) is 0.254. The van der Waals surface area contributed by atoms with E-state index in [4.69, 9.17) is 0 Å². The first-order chi connectivity index (χ1) is 9.04. The van der Waals surface area contributed by atoms with Gasteiger partial charge in [-0.3, -0.25) is 4.90 Å². The van der Waals surface area contributed by atoms with Gasteiger partial charge in [0.1, 0.15) is 5.75 Å². The molecule has 1 aromatic carbocycles. The van der Waals surface area contributed by atoms with E-state index >= 15 is 0 Å². The van der Waals surface area contributed by atoms with Crippen molar-refractivity contribution >= 4 is 15.9 Å². The van der Waals surface area contributed by atoms with Gasteiger partial charge in [0.2, 0.25) is 0 Å². The molecule has 0 bridgehead atoms. The van der Waals surface area contributed by atoms with E-state index in [1.165, 1.54) is 0 Å². The first kappa shape index (κ1) is 14.7. The van der Waals surface area contributed by atoms with Crippen LogP contribution in [0, 0.1) is 0 Å². The summed E-state index contributed by atoms with van der Waals surface area (Å²) in [4.78, 5) is 2.24. The van der Waals surface area contributed by atoms with Crippen LogP contribution in [0.4, 0.5) is 8.78 Å². The van der Waals surface area contributed by atoms with Crippen molar-refractivity contribution in [3.8, 4) is 5.75 Å². The molecule has 106 valence electrons. The van der Waals surface area contributed by atoms with Gasteiger partial charge in [0.15, 0.2) is 0 Å². The van der Waals surface area contributed by atoms with E-state index in [-0.39, 0.29) is 5.75 Å². The fraction of sp³-hybridized carbons (Fsp3) is 0.538. The van der Waals surface area contributed by atoms with Crippen molar-refractivity contribution in [3.63, 3.8) is 0 Å². The number of nitrogens with one attached hydrogen (secondary N) is 1. The van der Waals surface area contributed by atoms with E-state index in [9.17, 15) is 8.78 Å². The monoisotopic (exact) mass is 334 g/mol. The molecule has 0 radical (unpaired) electrons. The summed E-state index contributed by atoms with van der Waals surface area (Å²) in [5, 5.41) is 3.35. The van der Waals surface area contributed by atoms with E-state index in [1.807, 2.05) is 6.07 Å². The normalized spacial score (nSPS) is 20.8. The van der Waals surface area contributed by atoms with Crippen molar-refractivity contribution in [2.24, 2.45) is 0 Å². The SMILES string of the molecule is CC1CN(Cc2cc(Br)ccc2OC(F)F)CCN1. The Morgan fingerprint density at radius 2 is 2.32 bits per heavy atom. The smallest absolute Gasteiger partial charge is 0.387 e. The summed E-state index contributed by atoms with van der Waals surface area (Å²) in [7, 11) is 0. The minimum atomic E-state index is -2.79. The highest BCUT2D eigenvalue weighted by Crippen LogP contribution is 2.26. The standard InChI is InChI=1S/C13H17BrF2N2O/c1-9-7-18(5-4-17-9)8-10-6-11(14)2-3-12(10)19-13(15)16/h2-3,6,9,13,17H,4-5,7-8H2,1H3. The van der Waals surface area contributed by atoms with Crippen LogP contribution in [0.1, 0.15) is 12.5 Å². The van der Waals surface area contributed by atoms with Crippen molar-refractivity contribution in [3.05, 3.63) is 28.2 Å². The van der Waals surface area contributed by atoms with Crippen LogP contribution in [0.5, 0.6) is 5.75 Å². The second kappa shape index (κ2) is 6.63. The molecule has 6 heteroatoms. The van der Waals surface area contributed by atoms with Gasteiger partial charge in [0.25, 0.3) is 0 Å². The minimum Gasteiger partial charge on any atom is -0.434 e. The molecule has 1 aromatic rings. The van der Waals surface area contributed by atoms with Crippen LogP contribution in [0.2, 0.25) is 0 Å². The molecule has 1 aliphatic rings. The van der Waals surface area contributed by atoms with Gasteiger partial charge in [-0.05, 0) is 25.1 Å². The van der Waals surface area contributed by atoms with E-state index in [2.05, 4.69) is 37.8 Å². The Bertz CT molecular complexity index is 431. The number of hydrogen-bond donors (Lipinski definition) is 1. The molecular formula is C13H17BrF2N2O. The van der Waals surface area contributed by atoms with Crippen molar-refractivity contribution in [2.45, 2.75) is 26.1 Å². The molecule has 1 fully saturated rings. The molecule has 2 rings (SSSR count). The summed E-state index contributed by atoms with van der Waals surface area (Å²) in [6, 6.07) is 5.55. The second-order valence-electron chi connectivity index (χ2n) is 4.72. The highest BCUT2D eigenvalue weighted by molar-refractivity contribution is 9.10. The zero-order valence-corrected chi connectivity index (χ0v) is 12.3. The predicted molar refractivity (Wildman–Crippen MR) is 73.5 cm³/mol. The molecule has 1 aliphatic heterocycles. The molecule has 1 N–H and O–H groups in total. The molecule has 3 nitrogen and oxygen atoms in total. The first-order valence-corrected chi connectivity index (χ1v) is 7.03. The van der Waals surface area contributed by atoms with Crippen molar-refractivity contribution < 1.29 is 13.5 Å². The molecule has 19 heavy (non-hydrogen) atoms. The summed E-state index contributed by atoms with van der Waals surface area (Å²) < 4.78 is 30.2. The molecule has 0 saturated carbocycles. The molecule has 1 saturated heterocycles. The van der Waals surface area contributed by atoms with E-state index in [0.29, 0.717) is 12.6 Å². The zero-order valence-electron chi connectivity index (χ0n) is 10.7. The Kier molecular flexibility index (Phi) is 5.13. The van der Waals surface area contributed by atoms with Gasteiger partial charge >= 0.3 is 6.61 Å². The van der Waals surface area contributed by atoms with E-state index < -0.39 is 6.61 Å². The molecular weight excluding hydrogens is 318 g/mol. The highest BCUT2D eigenvalue weighted by Gasteiger charge is 2.18. The largest absolute Gasteiger partial charge is 0.434 e. The lowest BCUT2D eigenvalue weighted by molar-refractivity contribution is -0.0508. The molecule has 0 spiro atoms. The average Bonchev–Trinajstić information content (AvgIpc) is 2.32. The van der Waals surface area contributed by atoms with Gasteiger partial charge < -0.3 is 10.1 Å². The fourth-order valence-corrected chi connectivity index (χ4v) is 2.69. The van der Waals surface area contributed by atoms with Gasteiger partial charge in [0.05, 0.1) is 0 Å². The van der Waals surface area contributed by atoms with Gasteiger partial charge in [-0.1, -0.05) is 15.9 Å². The van der Waals surface area contributed by atoms with Crippen LogP contribution in [-0.4, -0.2) is 37.2 Å². The van der Waals surface area contributed by atoms with Gasteiger partial charge in [-0.2, -0.15) is 8.78 Å². The molecule has 1 heterocycles. The third-order valence-corrected chi connectivity index (χ3v) is 3.58. The third-order valence-electron chi connectivity index (χ3n) is 3.09. The maximum Gasteiger partial charge on any atom is 0.387 e. The number of piperazine rings is 1. The Balaban J connectivity index is 2.10. The Morgan fingerprint density at radius 1 is 1.53 bits per heavy atom. The van der Waals surface area contributed by atoms with Crippen molar-refractivity contribution in [1.82, 2.24) is 10.2 Å². The molecule has 1 atom stereocenters. The number of nitrogens with zero attached hydrogens (tertiary/aromatic N) is 1. The third kappa shape index (κ3) is 4.40. The molecule has 1 unspecified atom stereocenters. The fourth-order valence-electron chi connectivity index (χ4n) is 2.28. The Morgan fingerprint density at radius 3 is 3.00 bits per heavy atom. The first-order valence-electron chi connectivity index (χ1n) is 6.23. The Labute approximate surface area is 120 Å². The molecule has 0 amide bonds. The summed E-state index contributed by atoms with van der Waals surface area (Å²) in [5.41, 5.74) is 0.781. The van der Waals surface area contributed by atoms with Gasteiger partial charge in [-0.15, -0.1) is 0 Å². The van der Waals surface area contributed by atoms with Crippen LogP contribution in [0.3, 0.4) is 0 Å². The maximum absolute atomic E-state index is 12.4. The lowest BCUT2D eigenvalue weighted by Gasteiger charge is -2.32. The predicted octanol–water partition coefficient (Wildman–Crippen LogP) is 2.84. The number of rotatable bonds is 4. The van der Waals surface area contributed by atoms with Crippen molar-refractivity contribution in [1.29, 1.82) is 0 Å². The van der Waals surface area contributed by atoms with Crippen LogP contribution in [-0.2, 0) is 6.54 Å². The van der Waals surface area contributed by atoms with E-state index in [0.717, 1.165) is 29.7 Å². The van der Waals surface area contributed by atoms with Gasteiger partial charge in [-0.25, -0.2) is 0 Å². The average molecular weight is 335 g/mol. The number of alkyl halides is 2. The Hall–Kier alpha value is -0.720. The summed E-state index contributed by atoms with van der Waals surface area (Å²) in [6.07, 6.45) is 0. The van der Waals surface area contributed by atoms with Crippen LogP contribution < -0.4 is 10.1 Å². The highest BCUT2D eigenvalue weighted by atomic mass is 79.9.